The molecule has 0 heterocycles. The number of aliphatic imine (C=N–C) groups is 1. The quantitative estimate of drug-likeness (QED) is 0.426. The molecule has 0 saturated heterocycles. The number of methoxy groups -OCH3 is 2. The number of hydrogen-bond acceptors (Lipinski definition) is 4. The zero-order valence-corrected chi connectivity index (χ0v) is 15.2. The van der Waals surface area contributed by atoms with Crippen LogP contribution in [0.5, 0.6) is 11.5 Å². The molecule has 0 spiro atoms. The minimum Gasteiger partial charge on any atom is -0.493 e. The summed E-state index contributed by atoms with van der Waals surface area (Å²) in [5, 5.41) is 3.36. The molecule has 0 aromatic heterocycles. The molecule has 1 aliphatic carbocycles. The largest absolute Gasteiger partial charge is 0.493 e. The smallest absolute Gasteiger partial charge is 0.193 e. The maximum absolute atomic E-state index is 5.69. The highest BCUT2D eigenvalue weighted by Crippen LogP contribution is 2.30. The molecule has 1 N–H and O–H groups in total. The average molecular weight is 335 g/mol. The van der Waals surface area contributed by atoms with E-state index in [2.05, 4.69) is 15.2 Å². The van der Waals surface area contributed by atoms with E-state index in [-0.39, 0.29) is 0 Å². The summed E-state index contributed by atoms with van der Waals surface area (Å²) in [6, 6.07) is 5.86. The molecule has 0 radical (unpaired) electrons. The van der Waals surface area contributed by atoms with Crippen molar-refractivity contribution < 1.29 is 14.2 Å². The Bertz CT molecular complexity index is 544. The van der Waals surface area contributed by atoms with Crippen molar-refractivity contribution in [2.75, 3.05) is 48.1 Å². The van der Waals surface area contributed by atoms with Crippen LogP contribution >= 0.6 is 0 Å². The summed E-state index contributed by atoms with van der Waals surface area (Å²) in [6.07, 6.45) is 2.64. The number of benzene rings is 1. The van der Waals surface area contributed by atoms with Gasteiger partial charge < -0.3 is 24.4 Å². The van der Waals surface area contributed by atoms with E-state index in [1.165, 1.54) is 12.8 Å². The zero-order valence-electron chi connectivity index (χ0n) is 15.2. The van der Waals surface area contributed by atoms with Gasteiger partial charge in [-0.25, -0.2) is 0 Å². The van der Waals surface area contributed by atoms with Crippen LogP contribution in [0.2, 0.25) is 0 Å². The summed E-state index contributed by atoms with van der Waals surface area (Å²) >= 11 is 0. The van der Waals surface area contributed by atoms with Gasteiger partial charge >= 0.3 is 0 Å². The van der Waals surface area contributed by atoms with Crippen molar-refractivity contribution in [3.63, 3.8) is 0 Å². The van der Waals surface area contributed by atoms with E-state index in [1.807, 2.05) is 25.2 Å². The highest BCUT2D eigenvalue weighted by atomic mass is 16.5. The van der Waals surface area contributed by atoms with Crippen LogP contribution in [0.25, 0.3) is 0 Å². The third kappa shape index (κ3) is 5.30. The Labute approximate surface area is 144 Å². The topological polar surface area (TPSA) is 55.3 Å². The number of rotatable bonds is 9. The van der Waals surface area contributed by atoms with Gasteiger partial charge in [0.05, 0.1) is 20.8 Å². The number of likely N-dealkylation sites (N-methyl/N-ethyl adjacent to an activating group) is 1. The van der Waals surface area contributed by atoms with Crippen molar-refractivity contribution in [3.8, 4) is 11.5 Å². The van der Waals surface area contributed by atoms with Gasteiger partial charge in [0.1, 0.15) is 0 Å². The van der Waals surface area contributed by atoms with Crippen LogP contribution in [0.15, 0.2) is 23.2 Å². The second kappa shape index (κ2) is 9.37. The highest BCUT2D eigenvalue weighted by molar-refractivity contribution is 5.79. The van der Waals surface area contributed by atoms with Crippen molar-refractivity contribution in [3.05, 3.63) is 23.8 Å². The Hall–Kier alpha value is -1.95. The van der Waals surface area contributed by atoms with Crippen LogP contribution in [0.3, 0.4) is 0 Å². The molecule has 0 bridgehead atoms. The molecule has 1 fully saturated rings. The predicted octanol–water partition coefficient (Wildman–Crippen LogP) is 2.14. The normalized spacial score (nSPS) is 14.4. The van der Waals surface area contributed by atoms with Gasteiger partial charge in [-0.05, 0) is 24.8 Å². The Balaban J connectivity index is 1.83. The van der Waals surface area contributed by atoms with E-state index in [4.69, 9.17) is 14.2 Å². The van der Waals surface area contributed by atoms with Gasteiger partial charge in [-0.2, -0.15) is 0 Å². The summed E-state index contributed by atoms with van der Waals surface area (Å²) in [4.78, 5) is 6.40. The summed E-state index contributed by atoms with van der Waals surface area (Å²) in [5.74, 6) is 3.11. The molecule has 24 heavy (non-hydrogen) atoms. The molecule has 1 aromatic carbocycles. The molecule has 6 nitrogen and oxygen atoms in total. The predicted molar refractivity (Wildman–Crippen MR) is 95.9 cm³/mol. The number of para-hydroxylation sites is 1. The molecule has 1 aromatic rings. The lowest BCUT2D eigenvalue weighted by molar-refractivity contribution is 0.115. The summed E-state index contributed by atoms with van der Waals surface area (Å²) in [5.41, 5.74) is 1.02. The van der Waals surface area contributed by atoms with E-state index < -0.39 is 0 Å². The molecular weight excluding hydrogens is 306 g/mol. The Morgan fingerprint density at radius 2 is 2.08 bits per heavy atom. The fourth-order valence-electron chi connectivity index (χ4n) is 2.49. The van der Waals surface area contributed by atoms with Gasteiger partial charge in [0.2, 0.25) is 0 Å². The first-order valence-corrected chi connectivity index (χ1v) is 8.39. The van der Waals surface area contributed by atoms with E-state index >= 15 is 0 Å². The SMILES string of the molecule is CN=C(NCc1cccc(OC)c1OC)N(C)CCOCC1CC1. The molecule has 0 atom stereocenters. The Morgan fingerprint density at radius 3 is 2.71 bits per heavy atom. The first kappa shape index (κ1) is 18.4. The molecule has 134 valence electrons. The molecule has 6 heteroatoms. The summed E-state index contributed by atoms with van der Waals surface area (Å²) in [6.45, 7) is 3.03. The number of nitrogens with one attached hydrogen (secondary N) is 1. The van der Waals surface area contributed by atoms with Crippen LogP contribution in [-0.2, 0) is 11.3 Å². The van der Waals surface area contributed by atoms with Crippen molar-refractivity contribution in [2.45, 2.75) is 19.4 Å². The highest BCUT2D eigenvalue weighted by Gasteiger charge is 2.21. The summed E-state index contributed by atoms with van der Waals surface area (Å²) in [7, 11) is 7.09. The standard InChI is InChI=1S/C18H29N3O3/c1-19-18(21(2)10-11-24-13-14-8-9-14)20-12-15-6-5-7-16(22-3)17(15)23-4/h5-7,14H,8-13H2,1-4H3,(H,19,20). The van der Waals surface area contributed by atoms with Crippen LogP contribution in [-0.4, -0.2) is 58.9 Å². The fraction of sp³-hybridized carbons (Fsp3) is 0.611. The van der Waals surface area contributed by atoms with Crippen LogP contribution in [0, 0.1) is 5.92 Å². The minimum atomic E-state index is 0.611. The van der Waals surface area contributed by atoms with Crippen molar-refractivity contribution in [2.24, 2.45) is 10.9 Å². The van der Waals surface area contributed by atoms with Gasteiger partial charge in [-0.1, -0.05) is 12.1 Å². The second-order valence-corrected chi connectivity index (χ2v) is 5.99. The minimum absolute atomic E-state index is 0.611. The maximum Gasteiger partial charge on any atom is 0.193 e. The van der Waals surface area contributed by atoms with Crippen LogP contribution < -0.4 is 14.8 Å². The molecular formula is C18H29N3O3. The van der Waals surface area contributed by atoms with E-state index in [0.29, 0.717) is 6.54 Å². The molecule has 0 unspecified atom stereocenters. The first-order valence-electron chi connectivity index (χ1n) is 8.39. The third-order valence-electron chi connectivity index (χ3n) is 4.12. The number of guanidine groups is 1. The van der Waals surface area contributed by atoms with E-state index in [1.54, 1.807) is 21.3 Å². The summed E-state index contributed by atoms with van der Waals surface area (Å²) < 4.78 is 16.5. The van der Waals surface area contributed by atoms with Crippen molar-refractivity contribution >= 4 is 5.96 Å². The lowest BCUT2D eigenvalue weighted by Crippen LogP contribution is -2.40. The number of ether oxygens (including phenoxy) is 3. The van der Waals surface area contributed by atoms with Gasteiger partial charge in [0.15, 0.2) is 17.5 Å². The fourth-order valence-corrected chi connectivity index (χ4v) is 2.49. The van der Waals surface area contributed by atoms with E-state index in [0.717, 1.165) is 48.7 Å². The number of nitrogens with zero attached hydrogens (tertiary/aromatic N) is 2. The first-order chi connectivity index (χ1) is 11.7. The van der Waals surface area contributed by atoms with Gasteiger partial charge in [0.25, 0.3) is 0 Å². The maximum atomic E-state index is 5.69. The second-order valence-electron chi connectivity index (χ2n) is 5.99. The van der Waals surface area contributed by atoms with Gasteiger partial charge in [-0.3, -0.25) is 4.99 Å². The Morgan fingerprint density at radius 1 is 1.29 bits per heavy atom. The van der Waals surface area contributed by atoms with Gasteiger partial charge in [0, 0.05) is 39.4 Å². The Kier molecular flexibility index (Phi) is 7.18. The molecule has 2 rings (SSSR count). The lowest BCUT2D eigenvalue weighted by atomic mass is 10.2. The van der Waals surface area contributed by atoms with E-state index in [9.17, 15) is 0 Å². The zero-order chi connectivity index (χ0) is 17.4. The van der Waals surface area contributed by atoms with Crippen LogP contribution in [0.1, 0.15) is 18.4 Å². The third-order valence-corrected chi connectivity index (χ3v) is 4.12. The molecule has 0 aliphatic heterocycles. The lowest BCUT2D eigenvalue weighted by Gasteiger charge is -2.22. The molecule has 1 saturated carbocycles. The monoisotopic (exact) mass is 335 g/mol. The van der Waals surface area contributed by atoms with Crippen LogP contribution in [0.4, 0.5) is 0 Å². The van der Waals surface area contributed by atoms with Crippen molar-refractivity contribution in [1.29, 1.82) is 0 Å². The average Bonchev–Trinajstić information content (AvgIpc) is 3.43. The molecule has 1 aliphatic rings. The number of hydrogen-bond donors (Lipinski definition) is 1. The van der Waals surface area contributed by atoms with Crippen molar-refractivity contribution in [1.82, 2.24) is 10.2 Å². The molecule has 0 amide bonds. The van der Waals surface area contributed by atoms with Gasteiger partial charge in [-0.15, -0.1) is 0 Å².